The van der Waals surface area contributed by atoms with E-state index in [1.807, 2.05) is 36.4 Å². The molecule has 0 aliphatic carbocycles. The fraction of sp³-hybridized carbons (Fsp3) is 0.105. The highest BCUT2D eigenvalue weighted by Crippen LogP contribution is 2.19. The highest BCUT2D eigenvalue weighted by molar-refractivity contribution is 5.95. The van der Waals surface area contributed by atoms with Crippen LogP contribution in [0.25, 0.3) is 11.3 Å². The van der Waals surface area contributed by atoms with Gasteiger partial charge < -0.3 is 14.5 Å². The van der Waals surface area contributed by atoms with Gasteiger partial charge in [0.15, 0.2) is 12.4 Å². The van der Waals surface area contributed by atoms with Crippen molar-refractivity contribution in [3.05, 3.63) is 78.3 Å². The molecule has 0 radical (unpaired) electrons. The summed E-state index contributed by atoms with van der Waals surface area (Å²) in [7, 11) is 0. The zero-order chi connectivity index (χ0) is 17.5. The van der Waals surface area contributed by atoms with Gasteiger partial charge in [-0.15, -0.1) is 0 Å². The molecule has 3 rings (SSSR count). The summed E-state index contributed by atoms with van der Waals surface area (Å²) in [4.78, 5) is 27.6. The van der Waals surface area contributed by atoms with Crippen molar-refractivity contribution in [1.29, 1.82) is 0 Å². The Morgan fingerprint density at radius 1 is 1.00 bits per heavy atom. The van der Waals surface area contributed by atoms with Gasteiger partial charge in [0.2, 0.25) is 5.89 Å². The number of oxazole rings is 1. The van der Waals surface area contributed by atoms with Gasteiger partial charge in [-0.25, -0.2) is 4.98 Å². The lowest BCUT2D eigenvalue weighted by Crippen LogP contribution is -2.30. The highest BCUT2D eigenvalue weighted by Gasteiger charge is 2.11. The van der Waals surface area contributed by atoms with E-state index in [1.165, 1.54) is 0 Å². The zero-order valence-electron chi connectivity index (χ0n) is 13.3. The van der Waals surface area contributed by atoms with Gasteiger partial charge in [-0.1, -0.05) is 48.5 Å². The largest absolute Gasteiger partial charge is 0.454 e. The molecule has 0 aliphatic rings. The van der Waals surface area contributed by atoms with Crippen LogP contribution in [0.4, 0.5) is 0 Å². The number of hydrogen-bond acceptors (Lipinski definition) is 5. The van der Waals surface area contributed by atoms with Crippen molar-refractivity contribution in [1.82, 2.24) is 10.3 Å². The van der Waals surface area contributed by atoms with Crippen molar-refractivity contribution < 1.29 is 18.7 Å². The van der Waals surface area contributed by atoms with Crippen molar-refractivity contribution >= 4 is 11.9 Å². The van der Waals surface area contributed by atoms with Crippen molar-refractivity contribution in [2.24, 2.45) is 0 Å². The number of amides is 1. The molecule has 0 aliphatic heterocycles. The Kier molecular flexibility index (Phi) is 5.21. The average Bonchev–Trinajstić information content (AvgIpc) is 3.15. The van der Waals surface area contributed by atoms with Gasteiger partial charge in [0, 0.05) is 11.1 Å². The van der Waals surface area contributed by atoms with E-state index in [1.54, 1.807) is 30.5 Å². The van der Waals surface area contributed by atoms with E-state index in [2.05, 4.69) is 10.3 Å². The minimum absolute atomic E-state index is 0.0904. The molecule has 6 nitrogen and oxygen atoms in total. The van der Waals surface area contributed by atoms with E-state index in [9.17, 15) is 9.59 Å². The first-order valence-corrected chi connectivity index (χ1v) is 7.71. The van der Waals surface area contributed by atoms with Crippen LogP contribution in [0.3, 0.4) is 0 Å². The normalized spacial score (nSPS) is 10.2. The Hall–Kier alpha value is -3.41. The van der Waals surface area contributed by atoms with Crippen LogP contribution in [-0.4, -0.2) is 23.4 Å². The second kappa shape index (κ2) is 7.92. The summed E-state index contributed by atoms with van der Waals surface area (Å²) in [5.74, 6) is -0.00519. The van der Waals surface area contributed by atoms with E-state index >= 15 is 0 Å². The predicted octanol–water partition coefficient (Wildman–Crippen LogP) is 2.81. The first kappa shape index (κ1) is 16.4. The molecule has 0 saturated carbocycles. The molecule has 6 heteroatoms. The Labute approximate surface area is 144 Å². The molecule has 2 aromatic carbocycles. The number of carbonyl (C=O) groups excluding carboxylic acids is 2. The van der Waals surface area contributed by atoms with Crippen LogP contribution in [0.5, 0.6) is 0 Å². The summed E-state index contributed by atoms with van der Waals surface area (Å²) < 4.78 is 10.6. The molecule has 25 heavy (non-hydrogen) atoms. The van der Waals surface area contributed by atoms with Crippen molar-refractivity contribution in [3.8, 4) is 11.3 Å². The second-order valence-corrected chi connectivity index (χ2v) is 5.19. The number of esters is 1. The molecule has 0 atom stereocenters. The first-order valence-electron chi connectivity index (χ1n) is 7.71. The minimum Gasteiger partial charge on any atom is -0.454 e. The third-order valence-electron chi connectivity index (χ3n) is 3.40. The number of nitrogens with zero attached hydrogens (tertiary/aromatic N) is 1. The molecule has 1 amide bonds. The maximum absolute atomic E-state index is 11.8. The van der Waals surface area contributed by atoms with Crippen molar-refractivity contribution in [2.45, 2.75) is 6.61 Å². The third-order valence-corrected chi connectivity index (χ3v) is 3.40. The van der Waals surface area contributed by atoms with Crippen molar-refractivity contribution in [2.75, 3.05) is 6.54 Å². The van der Waals surface area contributed by atoms with Gasteiger partial charge >= 0.3 is 5.97 Å². The number of nitrogens with one attached hydrogen (secondary N) is 1. The molecule has 1 aromatic heterocycles. The number of ether oxygens (including phenoxy) is 1. The lowest BCUT2D eigenvalue weighted by atomic mass is 10.2. The van der Waals surface area contributed by atoms with Crippen LogP contribution in [0.1, 0.15) is 16.2 Å². The van der Waals surface area contributed by atoms with Crippen LogP contribution < -0.4 is 5.32 Å². The Morgan fingerprint density at radius 3 is 2.40 bits per heavy atom. The molecule has 0 bridgehead atoms. The highest BCUT2D eigenvalue weighted by atomic mass is 16.5. The van der Waals surface area contributed by atoms with Gasteiger partial charge in [-0.3, -0.25) is 9.59 Å². The zero-order valence-corrected chi connectivity index (χ0v) is 13.3. The van der Waals surface area contributed by atoms with Crippen LogP contribution in [-0.2, 0) is 16.1 Å². The fourth-order valence-corrected chi connectivity index (χ4v) is 2.15. The third kappa shape index (κ3) is 4.54. The van der Waals surface area contributed by atoms with E-state index in [-0.39, 0.29) is 19.1 Å². The summed E-state index contributed by atoms with van der Waals surface area (Å²) in [6.45, 7) is -0.313. The maximum Gasteiger partial charge on any atom is 0.325 e. The van der Waals surface area contributed by atoms with Crippen LogP contribution >= 0.6 is 0 Å². The van der Waals surface area contributed by atoms with Gasteiger partial charge in [0.05, 0.1) is 6.20 Å². The van der Waals surface area contributed by atoms with Gasteiger partial charge in [-0.05, 0) is 12.1 Å². The summed E-state index contributed by atoms with van der Waals surface area (Å²) in [5.41, 5.74) is 1.37. The number of benzene rings is 2. The van der Waals surface area contributed by atoms with Gasteiger partial charge in [0.25, 0.3) is 5.91 Å². The van der Waals surface area contributed by atoms with Crippen LogP contribution in [0.15, 0.2) is 71.3 Å². The Bertz CT molecular complexity index is 844. The minimum atomic E-state index is -0.566. The fourth-order valence-electron chi connectivity index (χ4n) is 2.15. The first-order chi connectivity index (χ1) is 12.2. The van der Waals surface area contributed by atoms with Gasteiger partial charge in [0.1, 0.15) is 6.54 Å². The molecule has 1 heterocycles. The van der Waals surface area contributed by atoms with E-state index in [0.29, 0.717) is 17.2 Å². The molecule has 1 N–H and O–H groups in total. The molecule has 3 aromatic rings. The van der Waals surface area contributed by atoms with Gasteiger partial charge in [-0.2, -0.15) is 0 Å². The van der Waals surface area contributed by atoms with Crippen LogP contribution in [0, 0.1) is 0 Å². The maximum atomic E-state index is 11.8. The SMILES string of the molecule is O=C(CNC(=O)c1ccccc1)OCc1ncc(-c2ccccc2)o1. The predicted molar refractivity (Wildman–Crippen MR) is 90.5 cm³/mol. The number of rotatable bonds is 6. The Balaban J connectivity index is 1.47. The van der Waals surface area contributed by atoms with E-state index in [4.69, 9.17) is 9.15 Å². The van der Waals surface area contributed by atoms with E-state index in [0.717, 1.165) is 5.56 Å². The van der Waals surface area contributed by atoms with Crippen molar-refractivity contribution in [3.63, 3.8) is 0 Å². The summed E-state index contributed by atoms with van der Waals surface area (Å²) in [6, 6.07) is 18.1. The molecule has 126 valence electrons. The quantitative estimate of drug-likeness (QED) is 0.700. The molecule has 0 saturated heterocycles. The summed E-state index contributed by atoms with van der Waals surface area (Å²) in [6.07, 6.45) is 1.58. The van der Waals surface area contributed by atoms with E-state index < -0.39 is 5.97 Å². The Morgan fingerprint density at radius 2 is 1.68 bits per heavy atom. The molecular formula is C19H16N2O4. The molecule has 0 fully saturated rings. The summed E-state index contributed by atoms with van der Waals surface area (Å²) >= 11 is 0. The number of aromatic nitrogens is 1. The molecule has 0 unspecified atom stereocenters. The smallest absolute Gasteiger partial charge is 0.325 e. The average molecular weight is 336 g/mol. The number of hydrogen-bond donors (Lipinski definition) is 1. The molecule has 0 spiro atoms. The topological polar surface area (TPSA) is 81.4 Å². The second-order valence-electron chi connectivity index (χ2n) is 5.19. The van der Waals surface area contributed by atoms with Crippen LogP contribution in [0.2, 0.25) is 0 Å². The lowest BCUT2D eigenvalue weighted by Gasteiger charge is -2.05. The standard InChI is InChI=1S/C19H16N2O4/c22-18(12-21-19(23)15-9-5-2-6-10-15)24-13-17-20-11-16(25-17)14-7-3-1-4-8-14/h1-11H,12-13H2,(H,21,23). The lowest BCUT2D eigenvalue weighted by molar-refractivity contribution is -0.144. The monoisotopic (exact) mass is 336 g/mol. The number of carbonyl (C=O) groups is 2. The summed E-state index contributed by atoms with van der Waals surface area (Å²) in [5, 5.41) is 2.50. The molecular weight excluding hydrogens is 320 g/mol.